The van der Waals surface area contributed by atoms with Crippen LogP contribution in [0.3, 0.4) is 0 Å². The van der Waals surface area contributed by atoms with E-state index in [0.29, 0.717) is 13.1 Å². The fourth-order valence-electron chi connectivity index (χ4n) is 6.91. The van der Waals surface area contributed by atoms with Crippen molar-refractivity contribution < 1.29 is 35.0 Å². The van der Waals surface area contributed by atoms with Gasteiger partial charge in [-0.3, -0.25) is 4.79 Å². The lowest BCUT2D eigenvalue weighted by Crippen LogP contribution is -2.68. The minimum atomic E-state index is -5.93. The van der Waals surface area contributed by atoms with Crippen molar-refractivity contribution in [3.63, 3.8) is 0 Å². The molecule has 0 atom stereocenters. The van der Waals surface area contributed by atoms with Crippen LogP contribution in [0.2, 0.25) is 15.1 Å². The first-order valence-electron chi connectivity index (χ1n) is 15.1. The van der Waals surface area contributed by atoms with Crippen molar-refractivity contribution >= 4 is 57.9 Å². The van der Waals surface area contributed by atoms with Crippen LogP contribution in [-0.2, 0) is 14.5 Å². The predicted octanol–water partition coefficient (Wildman–Crippen LogP) is 7.57. The Labute approximate surface area is 279 Å². The molecule has 1 aliphatic heterocycles. The molecule has 0 N–H and O–H groups in total. The van der Waals surface area contributed by atoms with Gasteiger partial charge in [-0.25, -0.2) is 0 Å². The third-order valence-corrected chi connectivity index (χ3v) is 15.9. The molecule has 248 valence electrons. The Kier molecular flexibility index (Phi) is 9.67. The molecule has 3 aromatic rings. The maximum absolute atomic E-state index is 13.5. The summed E-state index contributed by atoms with van der Waals surface area (Å²) in [6.45, 7) is 7.72. The molecule has 6 nitrogen and oxygen atoms in total. The number of rotatable bonds is 7. The Morgan fingerprint density at radius 3 is 1.85 bits per heavy atom. The topological polar surface area (TPSA) is 72.9 Å². The summed E-state index contributed by atoms with van der Waals surface area (Å²) in [5.41, 5.74) is -5.85. The van der Waals surface area contributed by atoms with E-state index in [1.54, 1.807) is 4.90 Å². The number of likely N-dealkylation sites (tertiary alicyclic amines) is 1. The van der Waals surface area contributed by atoms with Crippen LogP contribution >= 0.6 is 23.2 Å². The van der Waals surface area contributed by atoms with Gasteiger partial charge in [0, 0.05) is 31.3 Å². The Morgan fingerprint density at radius 2 is 1.39 bits per heavy atom. The summed E-state index contributed by atoms with van der Waals surface area (Å²) in [7, 11) is -8.64. The standard InChI is InChI=1S/C33H36Cl2F3NO5SSi/c1-31(2,3)46(25-10-6-4-7-11-25,26-12-8-5-9-13-26)44-23-14-16-32(17-15-23)18-19-39(22-32)30(40)29-27(34)20-24(21-28(29)35)43-45(41,42)33(36,37)38/h4-13,20-21,23H,14-19,22H2,1-3H3. The number of benzene rings is 3. The molecule has 0 aromatic heterocycles. The summed E-state index contributed by atoms with van der Waals surface area (Å²) in [5.74, 6) is -1.20. The lowest BCUT2D eigenvalue weighted by atomic mass is 9.72. The largest absolute Gasteiger partial charge is 0.534 e. The molecule has 1 saturated heterocycles. The number of amides is 1. The Balaban J connectivity index is 1.31. The highest BCUT2D eigenvalue weighted by atomic mass is 35.5. The Hall–Kier alpha value is -2.57. The van der Waals surface area contributed by atoms with Gasteiger partial charge < -0.3 is 13.5 Å². The van der Waals surface area contributed by atoms with Crippen LogP contribution in [0.5, 0.6) is 5.75 Å². The molecule has 0 unspecified atom stereocenters. The summed E-state index contributed by atoms with van der Waals surface area (Å²) >= 11 is 12.5. The van der Waals surface area contributed by atoms with Crippen molar-refractivity contribution in [2.24, 2.45) is 5.41 Å². The highest BCUT2D eigenvalue weighted by molar-refractivity contribution is 7.88. The highest BCUT2D eigenvalue weighted by Gasteiger charge is 2.53. The second-order valence-electron chi connectivity index (χ2n) is 13.2. The first kappa shape index (κ1) is 34.8. The van der Waals surface area contributed by atoms with Gasteiger partial charge in [0.2, 0.25) is 0 Å². The summed E-state index contributed by atoms with van der Waals surface area (Å²) in [5, 5.41) is 1.72. The molecular formula is C33H36Cl2F3NO5SSi. The summed E-state index contributed by atoms with van der Waals surface area (Å²) < 4.78 is 72.7. The van der Waals surface area contributed by atoms with Gasteiger partial charge in [-0.2, -0.15) is 21.6 Å². The van der Waals surface area contributed by atoms with Crippen LogP contribution in [0.25, 0.3) is 0 Å². The number of alkyl halides is 3. The highest BCUT2D eigenvalue weighted by Crippen LogP contribution is 2.47. The van der Waals surface area contributed by atoms with Gasteiger partial charge in [0.1, 0.15) is 5.75 Å². The van der Waals surface area contributed by atoms with Gasteiger partial charge >= 0.3 is 15.6 Å². The number of hydrogen-bond acceptors (Lipinski definition) is 5. The maximum atomic E-state index is 13.5. The normalized spacial score (nSPS) is 21.0. The fourth-order valence-corrected chi connectivity index (χ4v) is 12.7. The van der Waals surface area contributed by atoms with E-state index < -0.39 is 35.6 Å². The van der Waals surface area contributed by atoms with Gasteiger partial charge in [-0.1, -0.05) is 105 Å². The van der Waals surface area contributed by atoms with E-state index in [-0.39, 0.29) is 32.2 Å². The molecule has 2 aliphatic rings. The number of hydrogen-bond donors (Lipinski definition) is 0. The fraction of sp³-hybridized carbons (Fsp3) is 0.424. The maximum Gasteiger partial charge on any atom is 0.534 e. The number of carbonyl (C=O) groups excluding carboxylic acids is 1. The first-order valence-corrected chi connectivity index (χ1v) is 19.1. The molecular weight excluding hydrogens is 678 g/mol. The molecule has 1 aliphatic carbocycles. The number of nitrogens with zero attached hydrogens (tertiary/aromatic N) is 1. The Morgan fingerprint density at radius 1 is 0.891 bits per heavy atom. The average Bonchev–Trinajstić information content (AvgIpc) is 3.39. The van der Waals surface area contributed by atoms with Gasteiger partial charge in [0.15, 0.2) is 0 Å². The molecule has 46 heavy (non-hydrogen) atoms. The van der Waals surface area contributed by atoms with Crippen molar-refractivity contribution in [2.75, 3.05) is 13.1 Å². The first-order chi connectivity index (χ1) is 21.5. The number of halogens is 5. The molecule has 0 radical (unpaired) electrons. The average molecular weight is 715 g/mol. The van der Waals surface area contributed by atoms with Crippen molar-refractivity contribution in [3.05, 3.63) is 88.4 Å². The Bertz CT molecular complexity index is 1610. The molecule has 3 aromatic carbocycles. The second-order valence-corrected chi connectivity index (χ2v) is 19.8. The third kappa shape index (κ3) is 6.71. The third-order valence-electron chi connectivity index (χ3n) is 9.20. The van der Waals surface area contributed by atoms with Gasteiger partial charge in [0.25, 0.3) is 14.2 Å². The second kappa shape index (κ2) is 12.8. The zero-order valence-corrected chi connectivity index (χ0v) is 29.1. The van der Waals surface area contributed by atoms with E-state index in [2.05, 4.69) is 73.5 Å². The van der Waals surface area contributed by atoms with Crippen molar-refractivity contribution in [1.29, 1.82) is 0 Å². The van der Waals surface area contributed by atoms with E-state index in [4.69, 9.17) is 27.6 Å². The van der Waals surface area contributed by atoms with Crippen molar-refractivity contribution in [2.45, 2.75) is 69.5 Å². The molecule has 0 bridgehead atoms. The van der Waals surface area contributed by atoms with Crippen LogP contribution < -0.4 is 14.6 Å². The van der Waals surface area contributed by atoms with Crippen LogP contribution in [0.15, 0.2) is 72.8 Å². The smallest absolute Gasteiger partial charge is 0.404 e. The molecule has 1 saturated carbocycles. The quantitative estimate of drug-likeness (QED) is 0.144. The van der Waals surface area contributed by atoms with Crippen LogP contribution in [0.1, 0.15) is 63.2 Å². The monoisotopic (exact) mass is 713 g/mol. The predicted molar refractivity (Wildman–Crippen MR) is 176 cm³/mol. The molecule has 2 fully saturated rings. The van der Waals surface area contributed by atoms with Crippen molar-refractivity contribution in [3.8, 4) is 5.75 Å². The van der Waals surface area contributed by atoms with E-state index in [1.165, 1.54) is 10.4 Å². The van der Waals surface area contributed by atoms with E-state index in [0.717, 1.165) is 44.2 Å². The minimum Gasteiger partial charge on any atom is -0.404 e. The van der Waals surface area contributed by atoms with Gasteiger partial charge in [-0.15, -0.1) is 0 Å². The van der Waals surface area contributed by atoms with E-state index >= 15 is 0 Å². The number of carbonyl (C=O) groups is 1. The molecule has 5 rings (SSSR count). The van der Waals surface area contributed by atoms with E-state index in [9.17, 15) is 26.4 Å². The van der Waals surface area contributed by atoms with E-state index in [1.807, 2.05) is 12.1 Å². The zero-order chi connectivity index (χ0) is 33.5. The minimum absolute atomic E-state index is 0.0473. The van der Waals surface area contributed by atoms with Crippen LogP contribution in [-0.4, -0.2) is 52.2 Å². The molecule has 1 amide bonds. The summed E-state index contributed by atoms with van der Waals surface area (Å²) in [4.78, 5) is 15.2. The molecule has 1 heterocycles. The van der Waals surface area contributed by atoms with Gasteiger partial charge in [-0.05, 0) is 52.9 Å². The molecule has 13 heteroatoms. The van der Waals surface area contributed by atoms with Crippen LogP contribution in [0, 0.1) is 5.41 Å². The SMILES string of the molecule is CC(C)(C)[Si](OC1CCC2(CC1)CCN(C(=O)c1c(Cl)cc(OS(=O)(=O)C(F)(F)F)cc1Cl)C2)(c1ccccc1)c1ccccc1. The zero-order valence-electron chi connectivity index (χ0n) is 25.7. The van der Waals surface area contributed by atoms with Crippen molar-refractivity contribution in [1.82, 2.24) is 4.90 Å². The van der Waals surface area contributed by atoms with Gasteiger partial charge in [0.05, 0.1) is 15.6 Å². The van der Waals surface area contributed by atoms with Crippen LogP contribution in [0.4, 0.5) is 13.2 Å². The summed E-state index contributed by atoms with van der Waals surface area (Å²) in [6.07, 6.45) is 4.24. The molecule has 1 spiro atoms. The summed E-state index contributed by atoms with van der Waals surface area (Å²) in [6, 6.07) is 22.7. The lowest BCUT2D eigenvalue weighted by molar-refractivity contribution is -0.0500. The lowest BCUT2D eigenvalue weighted by Gasteiger charge is -2.47.